The predicted octanol–water partition coefficient (Wildman–Crippen LogP) is 18.0. The van der Waals surface area contributed by atoms with Crippen LogP contribution in [0.15, 0.2) is 280 Å². The highest BCUT2D eigenvalue weighted by atomic mass is 35.5. The lowest BCUT2D eigenvalue weighted by atomic mass is 10.2. The van der Waals surface area contributed by atoms with Crippen molar-refractivity contribution in [3.8, 4) is 52.1 Å². The first-order chi connectivity index (χ1) is 54.1. The third-order valence-corrected chi connectivity index (χ3v) is 14.7. The number of nitrogens with one attached hydrogen (secondary N) is 8. The number of para-hydroxylation sites is 3. The first-order valence-corrected chi connectivity index (χ1v) is 34.3. The number of carbonyl (C=O) groups is 6. The molecule has 0 unspecified atom stereocenters. The molecule has 0 fully saturated rings. The molecule has 0 aliphatic heterocycles. The van der Waals surface area contributed by atoms with Crippen LogP contribution in [0.3, 0.4) is 0 Å². The predicted molar refractivity (Wildman–Crippen MR) is 434 cm³/mol. The van der Waals surface area contributed by atoms with E-state index in [4.69, 9.17) is 50.5 Å². The molecule has 0 spiro atoms. The van der Waals surface area contributed by atoms with Crippen molar-refractivity contribution in [2.45, 2.75) is 26.4 Å². The van der Waals surface area contributed by atoms with Crippen molar-refractivity contribution in [2.75, 3.05) is 69.6 Å². The van der Waals surface area contributed by atoms with Crippen molar-refractivity contribution in [3.05, 3.63) is 297 Å². The average Bonchev–Trinajstić information content (AvgIpc) is 0.828. The molecule has 3 heterocycles. The van der Waals surface area contributed by atoms with Gasteiger partial charge in [0.05, 0.1) is 21.3 Å². The average molecular weight is 1550 g/mol. The maximum atomic E-state index is 13.1. The van der Waals surface area contributed by atoms with Crippen molar-refractivity contribution in [2.24, 2.45) is 0 Å². The van der Waals surface area contributed by atoms with Crippen molar-refractivity contribution >= 4 is 116 Å². The van der Waals surface area contributed by atoms with E-state index in [1.807, 2.05) is 109 Å². The zero-order valence-electron chi connectivity index (χ0n) is 61.7. The second kappa shape index (κ2) is 41.7. The van der Waals surface area contributed by atoms with Crippen molar-refractivity contribution < 1.29 is 66.6 Å². The van der Waals surface area contributed by atoms with Gasteiger partial charge in [-0.15, -0.1) is 0 Å². The van der Waals surface area contributed by atoms with E-state index in [0.717, 1.165) is 11.8 Å². The first kappa shape index (κ1) is 83.4. The summed E-state index contributed by atoms with van der Waals surface area (Å²) in [5.41, 5.74) is 11.0. The minimum absolute atomic E-state index is 0. The third kappa shape index (κ3) is 27.2. The zero-order valence-corrected chi connectivity index (χ0v) is 62.4. The van der Waals surface area contributed by atoms with Gasteiger partial charge in [0.1, 0.15) is 56.8 Å². The number of amides is 5. The molecule has 0 radical (unpaired) electrons. The molecule has 576 valence electrons. The summed E-state index contributed by atoms with van der Waals surface area (Å²) in [6.45, 7) is 11.9. The summed E-state index contributed by atoms with van der Waals surface area (Å²) in [6.07, 6.45) is 5.78. The molecular weight excluding hydrogens is 1470 g/mol. The van der Waals surface area contributed by atoms with Gasteiger partial charge in [-0.3, -0.25) is 34.0 Å². The summed E-state index contributed by atoms with van der Waals surface area (Å²) in [5.74, 6) is 2.29. The number of hydrogen-bond donors (Lipinski definition) is 9. The van der Waals surface area contributed by atoms with E-state index in [2.05, 4.69) is 85.6 Å². The van der Waals surface area contributed by atoms with E-state index in [-0.39, 0.29) is 62.8 Å². The van der Waals surface area contributed by atoms with Gasteiger partial charge in [0.15, 0.2) is 0 Å². The summed E-state index contributed by atoms with van der Waals surface area (Å²) in [6, 6.07) is 69.2. The Morgan fingerprint density at radius 2 is 0.673 bits per heavy atom. The quantitative estimate of drug-likeness (QED) is 0.0146. The minimum atomic E-state index is -0.646. The van der Waals surface area contributed by atoms with Crippen LogP contribution in [0.2, 0.25) is 0 Å². The van der Waals surface area contributed by atoms with Gasteiger partial charge >= 0.3 is 6.09 Å². The number of carbonyl (C=O) groups excluding carboxylic acids is 6. The summed E-state index contributed by atoms with van der Waals surface area (Å²) < 4.78 is 39.0. The maximum absolute atomic E-state index is 13.1. The minimum Gasteiger partial charge on any atom is -0.497 e. The van der Waals surface area contributed by atoms with Crippen molar-refractivity contribution in [1.82, 2.24) is 29.9 Å². The second-order valence-electron chi connectivity index (χ2n) is 24.0. The molecule has 0 saturated heterocycles. The van der Waals surface area contributed by atoms with Crippen LogP contribution in [0.1, 0.15) is 51.8 Å². The molecule has 0 aliphatic rings. The van der Waals surface area contributed by atoms with Crippen LogP contribution in [0, 0.1) is 0 Å². The topological polar surface area (TPSA) is 367 Å². The number of anilines is 12. The van der Waals surface area contributed by atoms with Gasteiger partial charge < -0.3 is 76.1 Å². The molecule has 0 aliphatic carbocycles. The molecule has 28 nitrogen and oxygen atoms in total. The van der Waals surface area contributed by atoms with Crippen LogP contribution in [0.5, 0.6) is 52.1 Å². The highest BCUT2D eigenvalue weighted by Gasteiger charge is 2.23. The fourth-order valence-corrected chi connectivity index (χ4v) is 9.43. The maximum Gasteiger partial charge on any atom is 0.412 e. The van der Waals surface area contributed by atoms with Crippen LogP contribution < -0.4 is 76.7 Å². The molecule has 5 amide bonds. The van der Waals surface area contributed by atoms with Crippen LogP contribution in [0.25, 0.3) is 0 Å². The number of nitrogen functional groups attached to an aromatic ring is 1. The Balaban J connectivity index is 0.000000206. The first-order valence-electron chi connectivity index (χ1n) is 33.9. The highest BCUT2D eigenvalue weighted by molar-refractivity contribution is 6.66. The number of aromatic nitrogens is 6. The summed E-state index contributed by atoms with van der Waals surface area (Å²) in [4.78, 5) is 98.7. The van der Waals surface area contributed by atoms with Gasteiger partial charge in [-0.2, -0.15) is 15.0 Å². The van der Waals surface area contributed by atoms with Crippen LogP contribution in [-0.2, 0) is 14.3 Å². The molecule has 12 rings (SSSR count). The Kier molecular flexibility index (Phi) is 30.8. The Morgan fingerprint density at radius 3 is 0.982 bits per heavy atom. The normalized spacial score (nSPS) is 10.2. The highest BCUT2D eigenvalue weighted by Crippen LogP contribution is 2.33. The number of benzene rings is 9. The van der Waals surface area contributed by atoms with E-state index >= 15 is 0 Å². The molecule has 0 saturated carbocycles. The van der Waals surface area contributed by atoms with Gasteiger partial charge in [0.2, 0.25) is 46.6 Å². The van der Waals surface area contributed by atoms with Gasteiger partial charge in [0, 0.05) is 106 Å². The van der Waals surface area contributed by atoms with E-state index in [1.54, 1.807) is 169 Å². The Labute approximate surface area is 654 Å². The lowest BCUT2D eigenvalue weighted by molar-refractivity contribution is -0.112. The van der Waals surface area contributed by atoms with Crippen LogP contribution in [-0.4, -0.2) is 91.8 Å². The lowest BCUT2D eigenvalue weighted by Gasteiger charge is -2.19. The number of methoxy groups -OCH3 is 3. The Morgan fingerprint density at radius 1 is 0.381 bits per heavy atom. The fourth-order valence-electron chi connectivity index (χ4n) is 9.43. The standard InChI is InChI=1S/C29H29N5O5.C27H23N5O4.C24H21N5O3.C3H3ClO.FH/c1-29(2,3)39-28(36)33-21-13-9-15-23(17-21)38-26-24(25(35)31-19-10-6-5-7-11-19)18-30-27(34-26)32-20-12-8-14-22(16-20)37-4;1-3-24(33)29-19-11-8-14-22(16-19)36-26-23(25(34)30-18-9-5-4-6-10-18)17-28-27(32-26)31-20-12-7-13-21(15-20)35-2;1-31-19-11-6-10-18(14-19)28-24-26-15-21(22(30)27-17-8-3-2-4-9-17)23(29-24)32-20-12-5-7-16(25)13-20;1-2-3(4)5;/h5-18H,1-4H3,(H,31,35)(H,33,36)(H,30,32,34);3-17H,1H2,2H3,(H,29,33)(H,30,34)(H,28,31,32);2-15H,25H2,1H3,(H,27,30)(H,26,28,29);2H,1H2;1H. The van der Waals surface area contributed by atoms with E-state index in [9.17, 15) is 28.8 Å². The van der Waals surface area contributed by atoms with Crippen molar-refractivity contribution in [3.63, 3.8) is 0 Å². The molecule has 9 aromatic carbocycles. The number of nitrogens with two attached hydrogens (primary N) is 1. The molecule has 0 bridgehead atoms. The largest absolute Gasteiger partial charge is 0.497 e. The van der Waals surface area contributed by atoms with Crippen LogP contribution in [0.4, 0.5) is 78.5 Å². The van der Waals surface area contributed by atoms with Crippen molar-refractivity contribution in [1.29, 1.82) is 0 Å². The fraction of sp³-hybridized carbons (Fsp3) is 0.0843. The summed E-state index contributed by atoms with van der Waals surface area (Å²) in [5, 5.41) is 22.5. The number of hydrogen-bond acceptors (Lipinski definition) is 23. The van der Waals surface area contributed by atoms with E-state index < -0.39 is 34.7 Å². The van der Waals surface area contributed by atoms with E-state index in [0.29, 0.717) is 80.0 Å². The Bertz CT molecular complexity index is 5270. The second-order valence-corrected chi connectivity index (χ2v) is 24.4. The van der Waals surface area contributed by atoms with Gasteiger partial charge in [-0.1, -0.05) is 104 Å². The van der Waals surface area contributed by atoms with Crippen LogP contribution >= 0.6 is 11.6 Å². The number of rotatable bonds is 25. The summed E-state index contributed by atoms with van der Waals surface area (Å²) in [7, 11) is 4.74. The third-order valence-electron chi connectivity index (χ3n) is 14.5. The van der Waals surface area contributed by atoms with Gasteiger partial charge in [-0.05, 0) is 154 Å². The Hall–Kier alpha value is -15.3. The zero-order chi connectivity index (χ0) is 79.8. The smallest absolute Gasteiger partial charge is 0.412 e. The van der Waals surface area contributed by atoms with Gasteiger partial charge in [0.25, 0.3) is 17.7 Å². The number of ether oxygens (including phenoxy) is 7. The molecule has 0 atom stereocenters. The number of allylic oxidation sites excluding steroid dienone is 1. The van der Waals surface area contributed by atoms with E-state index in [1.165, 1.54) is 24.7 Å². The monoisotopic (exact) mass is 1550 g/mol. The molecular formula is C83H77ClFN15O13. The molecule has 113 heavy (non-hydrogen) atoms. The molecule has 30 heteroatoms. The SMILES string of the molecule is C=CC(=O)Cl.C=CC(=O)Nc1cccc(Oc2nc(Nc3cccc(OC)c3)ncc2C(=O)Nc2ccccc2)c1.COc1cccc(Nc2ncc(C(=O)Nc3ccccc3)c(Oc3cccc(N)c3)n2)c1.COc1cccc(Nc2ncc(C(=O)Nc3ccccc3)c(Oc3cccc(NC(=O)OC(C)(C)C)c3)n2)c1.F. The number of nitrogens with zero attached hydrogens (tertiary/aromatic N) is 6. The molecule has 12 aromatic rings. The van der Waals surface area contributed by atoms with Gasteiger partial charge in [-0.25, -0.2) is 19.7 Å². The lowest BCUT2D eigenvalue weighted by Crippen LogP contribution is -2.27. The molecule has 3 aromatic heterocycles. The molecule has 10 N–H and O–H groups in total. The number of halogens is 2. The summed E-state index contributed by atoms with van der Waals surface area (Å²) >= 11 is 4.71.